The van der Waals surface area contributed by atoms with Gasteiger partial charge in [0.15, 0.2) is 11.8 Å². The Labute approximate surface area is 137 Å². The van der Waals surface area contributed by atoms with Gasteiger partial charge in [-0.1, -0.05) is 37.3 Å². The molecule has 0 unspecified atom stereocenters. The minimum absolute atomic E-state index is 0.114. The molecule has 124 valence electrons. The largest absolute Gasteiger partial charge is 0.623 e. The minimum Gasteiger partial charge on any atom is -0.623 e. The van der Waals surface area contributed by atoms with E-state index in [1.807, 2.05) is 24.3 Å². The van der Waals surface area contributed by atoms with Gasteiger partial charge in [0.05, 0.1) is 10.5 Å². The van der Waals surface area contributed by atoms with Crippen molar-refractivity contribution in [3.63, 3.8) is 0 Å². The second-order valence-electron chi connectivity index (χ2n) is 6.33. The molecule has 0 saturated heterocycles. The highest BCUT2D eigenvalue weighted by Crippen LogP contribution is 2.25. The maximum Gasteiger partial charge on any atom is 0.241 e. The van der Waals surface area contributed by atoms with E-state index in [0.717, 1.165) is 15.5 Å². The molecule has 0 spiro atoms. The smallest absolute Gasteiger partial charge is 0.241 e. The molecule has 0 aromatic heterocycles. The standard InChI is InChI=1S/C17H22N2O3S/c1-5-18-23(21,22)16-11-10-13-8-6-7-9-14(13)15(16)12-19(20)17(2,3)4/h6-12,18H,5H2,1-4H3/b19-12-. The van der Waals surface area contributed by atoms with E-state index in [2.05, 4.69) is 4.72 Å². The first-order valence-corrected chi connectivity index (χ1v) is 8.98. The lowest BCUT2D eigenvalue weighted by atomic mass is 10.0. The van der Waals surface area contributed by atoms with Gasteiger partial charge in [-0.25, -0.2) is 17.9 Å². The summed E-state index contributed by atoms with van der Waals surface area (Å²) in [5, 5.41) is 14.0. The van der Waals surface area contributed by atoms with Crippen molar-refractivity contribution in [2.24, 2.45) is 0 Å². The highest BCUT2D eigenvalue weighted by molar-refractivity contribution is 7.89. The molecule has 1 N–H and O–H groups in total. The molecule has 6 heteroatoms. The number of nitrogens with zero attached hydrogens (tertiary/aromatic N) is 1. The first kappa shape index (κ1) is 17.4. The summed E-state index contributed by atoms with van der Waals surface area (Å²) < 4.78 is 28.2. The van der Waals surface area contributed by atoms with Crippen LogP contribution in [-0.4, -0.2) is 31.5 Å². The Hall–Kier alpha value is -1.92. The van der Waals surface area contributed by atoms with Gasteiger partial charge in [-0.15, -0.1) is 0 Å². The summed E-state index contributed by atoms with van der Waals surface area (Å²) in [5.41, 5.74) is -0.245. The number of hydrogen-bond donors (Lipinski definition) is 1. The van der Waals surface area contributed by atoms with E-state index in [9.17, 15) is 13.6 Å². The fraction of sp³-hybridized carbons (Fsp3) is 0.353. The molecule has 0 aliphatic heterocycles. The summed E-state index contributed by atoms with van der Waals surface area (Å²) in [7, 11) is -3.67. The summed E-state index contributed by atoms with van der Waals surface area (Å²) >= 11 is 0. The number of fused-ring (bicyclic) bond motifs is 1. The van der Waals surface area contributed by atoms with Crippen LogP contribution in [0.15, 0.2) is 41.3 Å². The first-order chi connectivity index (χ1) is 10.7. The van der Waals surface area contributed by atoms with Crippen LogP contribution in [0.2, 0.25) is 0 Å². The van der Waals surface area contributed by atoms with E-state index in [4.69, 9.17) is 0 Å². The summed E-state index contributed by atoms with van der Waals surface area (Å²) in [4.78, 5) is 0.114. The Bertz CT molecular complexity index is 850. The third-order valence-corrected chi connectivity index (χ3v) is 5.07. The van der Waals surface area contributed by atoms with Crippen molar-refractivity contribution in [1.82, 2.24) is 4.72 Å². The van der Waals surface area contributed by atoms with Gasteiger partial charge in [-0.3, -0.25) is 0 Å². The molecule has 2 aromatic rings. The number of hydrogen-bond acceptors (Lipinski definition) is 3. The highest BCUT2D eigenvalue weighted by Gasteiger charge is 2.23. The number of hydroxylamine groups is 1. The van der Waals surface area contributed by atoms with E-state index in [1.165, 1.54) is 6.21 Å². The third-order valence-electron chi connectivity index (χ3n) is 3.46. The van der Waals surface area contributed by atoms with E-state index in [1.54, 1.807) is 39.8 Å². The quantitative estimate of drug-likeness (QED) is 0.404. The van der Waals surface area contributed by atoms with Crippen LogP contribution in [0, 0.1) is 5.21 Å². The van der Waals surface area contributed by atoms with Gasteiger partial charge < -0.3 is 5.21 Å². The fourth-order valence-corrected chi connectivity index (χ4v) is 3.46. The topological polar surface area (TPSA) is 72.2 Å². The van der Waals surface area contributed by atoms with Crippen molar-refractivity contribution in [2.75, 3.05) is 6.54 Å². The van der Waals surface area contributed by atoms with Crippen LogP contribution in [0.5, 0.6) is 0 Å². The van der Waals surface area contributed by atoms with Crippen molar-refractivity contribution < 1.29 is 13.2 Å². The molecule has 0 radical (unpaired) electrons. The minimum atomic E-state index is -3.67. The van der Waals surface area contributed by atoms with Gasteiger partial charge in [0.25, 0.3) is 0 Å². The summed E-state index contributed by atoms with van der Waals surface area (Å²) in [6.07, 6.45) is 1.37. The van der Waals surface area contributed by atoms with Crippen molar-refractivity contribution >= 4 is 27.0 Å². The van der Waals surface area contributed by atoms with Crippen molar-refractivity contribution in [1.29, 1.82) is 0 Å². The van der Waals surface area contributed by atoms with E-state index >= 15 is 0 Å². The lowest BCUT2D eigenvalue weighted by Crippen LogP contribution is -2.30. The Morgan fingerprint density at radius 3 is 2.43 bits per heavy atom. The molecular weight excluding hydrogens is 312 g/mol. The van der Waals surface area contributed by atoms with Crippen molar-refractivity contribution in [3.05, 3.63) is 47.2 Å². The number of rotatable bonds is 4. The predicted molar refractivity (Wildman–Crippen MR) is 93.4 cm³/mol. The maximum atomic E-state index is 12.5. The van der Waals surface area contributed by atoms with Gasteiger partial charge in [0.2, 0.25) is 10.0 Å². The SMILES string of the molecule is CCNS(=O)(=O)c1ccc2ccccc2c1/C=[N+](\[O-])C(C)(C)C. The normalized spacial score (nSPS) is 13.5. The van der Waals surface area contributed by atoms with Gasteiger partial charge >= 0.3 is 0 Å². The summed E-state index contributed by atoms with van der Waals surface area (Å²) in [5.74, 6) is 0. The summed E-state index contributed by atoms with van der Waals surface area (Å²) in [6, 6.07) is 10.7. The molecule has 5 nitrogen and oxygen atoms in total. The van der Waals surface area contributed by atoms with Crippen molar-refractivity contribution in [3.8, 4) is 0 Å². The zero-order valence-electron chi connectivity index (χ0n) is 13.8. The molecule has 0 aliphatic rings. The molecule has 23 heavy (non-hydrogen) atoms. The van der Waals surface area contributed by atoms with Crippen LogP contribution in [0.4, 0.5) is 0 Å². The molecule has 2 rings (SSSR count). The van der Waals surface area contributed by atoms with Gasteiger partial charge in [-0.05, 0) is 16.8 Å². The van der Waals surface area contributed by atoms with Crippen LogP contribution in [0.3, 0.4) is 0 Å². The van der Waals surface area contributed by atoms with Crippen molar-refractivity contribution in [2.45, 2.75) is 38.1 Å². The third kappa shape index (κ3) is 3.71. The average Bonchev–Trinajstić information content (AvgIpc) is 2.46. The zero-order chi connectivity index (χ0) is 17.3. The maximum absolute atomic E-state index is 12.5. The van der Waals surface area contributed by atoms with E-state index in [0.29, 0.717) is 5.56 Å². The van der Waals surface area contributed by atoms with Crippen LogP contribution >= 0.6 is 0 Å². The van der Waals surface area contributed by atoms with Gasteiger partial charge in [0.1, 0.15) is 0 Å². The monoisotopic (exact) mass is 334 g/mol. The number of sulfonamides is 1. The van der Waals surface area contributed by atoms with E-state index in [-0.39, 0.29) is 11.4 Å². The highest BCUT2D eigenvalue weighted by atomic mass is 32.2. The predicted octanol–water partition coefficient (Wildman–Crippen LogP) is 2.87. The Morgan fingerprint density at radius 2 is 1.83 bits per heavy atom. The first-order valence-electron chi connectivity index (χ1n) is 7.49. The molecule has 0 fully saturated rings. The zero-order valence-corrected chi connectivity index (χ0v) is 14.6. The molecule has 0 atom stereocenters. The molecule has 2 aromatic carbocycles. The van der Waals surface area contributed by atoms with Crippen LogP contribution < -0.4 is 4.72 Å². The molecule has 0 saturated carbocycles. The molecule has 0 amide bonds. The van der Waals surface area contributed by atoms with Gasteiger partial charge in [-0.2, -0.15) is 0 Å². The molecular formula is C17H22N2O3S. The average molecular weight is 334 g/mol. The fourth-order valence-electron chi connectivity index (χ4n) is 2.22. The second kappa shape index (κ2) is 6.29. The molecule has 0 aliphatic carbocycles. The lowest BCUT2D eigenvalue weighted by Gasteiger charge is -2.19. The van der Waals surface area contributed by atoms with Crippen LogP contribution in [0.25, 0.3) is 10.8 Å². The number of nitrogens with one attached hydrogen (secondary N) is 1. The Morgan fingerprint density at radius 1 is 1.17 bits per heavy atom. The second-order valence-corrected chi connectivity index (χ2v) is 8.06. The summed E-state index contributed by atoms with van der Waals surface area (Å²) in [6.45, 7) is 7.34. The lowest BCUT2D eigenvalue weighted by molar-refractivity contribution is -0.530. The molecule has 0 heterocycles. The Balaban J connectivity index is 2.82. The van der Waals surface area contributed by atoms with Crippen LogP contribution in [0.1, 0.15) is 33.3 Å². The molecule has 0 bridgehead atoms. The van der Waals surface area contributed by atoms with Crippen LogP contribution in [-0.2, 0) is 10.0 Å². The van der Waals surface area contributed by atoms with Gasteiger partial charge in [0, 0.05) is 27.3 Å². The van der Waals surface area contributed by atoms with E-state index < -0.39 is 15.6 Å². The number of benzene rings is 2. The Kier molecular flexibility index (Phi) is 4.77.